The molecule has 0 bridgehead atoms. The number of carbonyl (C=O) groups excluding carboxylic acids is 1. The number of benzene rings is 1. The van der Waals surface area contributed by atoms with Crippen LogP contribution < -0.4 is 0 Å². The van der Waals surface area contributed by atoms with Crippen LogP contribution in [-0.2, 0) is 9.53 Å². The summed E-state index contributed by atoms with van der Waals surface area (Å²) in [5.74, 6) is -3.79. The summed E-state index contributed by atoms with van der Waals surface area (Å²) < 4.78 is 30.7. The van der Waals surface area contributed by atoms with Crippen LogP contribution in [0.15, 0.2) is 22.8 Å². The van der Waals surface area contributed by atoms with E-state index in [4.69, 9.17) is 5.11 Å². The molecular formula is C11H7F2NO3. The van der Waals surface area contributed by atoms with Crippen molar-refractivity contribution in [1.29, 1.82) is 0 Å². The Morgan fingerprint density at radius 3 is 2.41 bits per heavy atom. The number of aromatic hydroxyl groups is 1. The molecule has 6 heteroatoms. The van der Waals surface area contributed by atoms with Gasteiger partial charge in [0.15, 0.2) is 29.0 Å². The van der Waals surface area contributed by atoms with Crippen LogP contribution in [0.2, 0.25) is 0 Å². The Kier molecular flexibility index (Phi) is 2.63. The van der Waals surface area contributed by atoms with Gasteiger partial charge < -0.3 is 9.84 Å². The lowest BCUT2D eigenvalue weighted by molar-refractivity contribution is -0.130. The standard InChI is InChI=1S/C11H7F2NO3/c1-5-14-9(11(16)17-5)4-6-2-7(12)10(15)8(13)3-6/h2-4,15H,1H3. The second-order valence-corrected chi connectivity index (χ2v) is 3.38. The van der Waals surface area contributed by atoms with Gasteiger partial charge in [0.2, 0.25) is 0 Å². The van der Waals surface area contributed by atoms with Crippen LogP contribution in [0.5, 0.6) is 5.75 Å². The third kappa shape index (κ3) is 2.15. The molecule has 1 N–H and O–H groups in total. The number of hydrogen-bond acceptors (Lipinski definition) is 4. The Morgan fingerprint density at radius 2 is 1.94 bits per heavy atom. The first-order chi connectivity index (χ1) is 7.97. The first-order valence-corrected chi connectivity index (χ1v) is 4.64. The molecule has 0 unspecified atom stereocenters. The van der Waals surface area contributed by atoms with Gasteiger partial charge in [-0.3, -0.25) is 0 Å². The van der Waals surface area contributed by atoms with Gasteiger partial charge in [-0.15, -0.1) is 0 Å². The molecule has 0 aromatic heterocycles. The summed E-state index contributed by atoms with van der Waals surface area (Å²) in [6.07, 6.45) is 1.17. The molecule has 0 aliphatic carbocycles. The van der Waals surface area contributed by atoms with Gasteiger partial charge in [0.25, 0.3) is 0 Å². The van der Waals surface area contributed by atoms with Crippen LogP contribution in [0.25, 0.3) is 6.08 Å². The molecule has 0 amide bonds. The predicted octanol–water partition coefficient (Wildman–Crippen LogP) is 1.99. The smallest absolute Gasteiger partial charge is 0.363 e. The fourth-order valence-electron chi connectivity index (χ4n) is 1.34. The largest absolute Gasteiger partial charge is 0.503 e. The highest BCUT2D eigenvalue weighted by atomic mass is 19.1. The van der Waals surface area contributed by atoms with Crippen molar-refractivity contribution < 1.29 is 23.4 Å². The van der Waals surface area contributed by atoms with Gasteiger partial charge in [-0.1, -0.05) is 0 Å². The Hall–Kier alpha value is -2.24. The molecule has 1 aromatic rings. The van der Waals surface area contributed by atoms with Crippen molar-refractivity contribution >= 4 is 17.9 Å². The van der Waals surface area contributed by atoms with Crippen molar-refractivity contribution in [3.63, 3.8) is 0 Å². The van der Waals surface area contributed by atoms with Crippen molar-refractivity contribution in [2.24, 2.45) is 4.99 Å². The molecule has 0 saturated carbocycles. The number of halogens is 2. The highest BCUT2D eigenvalue weighted by Gasteiger charge is 2.20. The molecule has 0 fully saturated rings. The number of cyclic esters (lactones) is 1. The Morgan fingerprint density at radius 1 is 1.35 bits per heavy atom. The zero-order valence-electron chi connectivity index (χ0n) is 8.70. The summed E-state index contributed by atoms with van der Waals surface area (Å²) >= 11 is 0. The molecular weight excluding hydrogens is 232 g/mol. The SMILES string of the molecule is CC1=NC(=Cc2cc(F)c(O)c(F)c2)C(=O)O1. The van der Waals surface area contributed by atoms with E-state index in [-0.39, 0.29) is 17.2 Å². The van der Waals surface area contributed by atoms with E-state index in [9.17, 15) is 13.6 Å². The first kappa shape index (κ1) is 11.3. The minimum absolute atomic E-state index is 0.0491. The summed E-state index contributed by atoms with van der Waals surface area (Å²) in [7, 11) is 0. The second-order valence-electron chi connectivity index (χ2n) is 3.38. The van der Waals surface area contributed by atoms with Gasteiger partial charge in [0.1, 0.15) is 0 Å². The molecule has 0 atom stereocenters. The van der Waals surface area contributed by atoms with E-state index in [1.807, 2.05) is 0 Å². The molecule has 1 aromatic carbocycles. The fraction of sp³-hybridized carbons (Fsp3) is 0.0909. The maximum Gasteiger partial charge on any atom is 0.363 e. The summed E-state index contributed by atoms with van der Waals surface area (Å²) in [5, 5.41) is 8.90. The average Bonchev–Trinajstić information content (AvgIpc) is 2.54. The number of esters is 1. The molecule has 88 valence electrons. The number of aliphatic imine (C=N–C) groups is 1. The third-order valence-corrected chi connectivity index (χ3v) is 2.07. The first-order valence-electron chi connectivity index (χ1n) is 4.64. The average molecular weight is 239 g/mol. The molecule has 2 rings (SSSR count). The number of phenolic OH excluding ortho intramolecular Hbond substituents is 1. The monoisotopic (exact) mass is 239 g/mol. The number of rotatable bonds is 1. The van der Waals surface area contributed by atoms with Crippen molar-refractivity contribution in [2.75, 3.05) is 0 Å². The Bertz CT molecular complexity index is 541. The van der Waals surface area contributed by atoms with Crippen molar-refractivity contribution in [3.8, 4) is 5.75 Å². The molecule has 0 saturated heterocycles. The van der Waals surface area contributed by atoms with Crippen LogP contribution in [0.3, 0.4) is 0 Å². The summed E-state index contributed by atoms with van der Waals surface area (Å²) in [4.78, 5) is 14.9. The van der Waals surface area contributed by atoms with E-state index in [2.05, 4.69) is 9.73 Å². The lowest BCUT2D eigenvalue weighted by Crippen LogP contribution is -1.99. The molecule has 17 heavy (non-hydrogen) atoms. The molecule has 0 spiro atoms. The van der Waals surface area contributed by atoms with Crippen LogP contribution in [0.1, 0.15) is 12.5 Å². The number of carbonyl (C=O) groups is 1. The molecule has 4 nitrogen and oxygen atoms in total. The van der Waals surface area contributed by atoms with Crippen molar-refractivity contribution in [1.82, 2.24) is 0 Å². The summed E-state index contributed by atoms with van der Waals surface area (Å²) in [5.41, 5.74) is 0.0233. The van der Waals surface area contributed by atoms with Gasteiger partial charge >= 0.3 is 5.97 Å². The molecule has 1 heterocycles. The molecule has 0 radical (unpaired) electrons. The van der Waals surface area contributed by atoms with Crippen LogP contribution in [-0.4, -0.2) is 17.0 Å². The van der Waals surface area contributed by atoms with Crippen LogP contribution in [0, 0.1) is 11.6 Å². The maximum atomic E-state index is 13.0. The van der Waals surface area contributed by atoms with Crippen LogP contribution in [0.4, 0.5) is 8.78 Å². The number of nitrogens with zero attached hydrogens (tertiary/aromatic N) is 1. The van der Waals surface area contributed by atoms with E-state index >= 15 is 0 Å². The van der Waals surface area contributed by atoms with E-state index in [1.54, 1.807) is 0 Å². The van der Waals surface area contributed by atoms with Gasteiger partial charge in [0, 0.05) is 6.92 Å². The van der Waals surface area contributed by atoms with Crippen molar-refractivity contribution in [2.45, 2.75) is 6.92 Å². The summed E-state index contributed by atoms with van der Waals surface area (Å²) in [6, 6.07) is 1.78. The molecule has 1 aliphatic rings. The zero-order valence-corrected chi connectivity index (χ0v) is 8.70. The highest BCUT2D eigenvalue weighted by molar-refractivity contribution is 6.06. The minimum atomic E-state index is -1.11. The summed E-state index contributed by atoms with van der Waals surface area (Å²) in [6.45, 7) is 1.48. The Balaban J connectivity index is 2.43. The fourth-order valence-corrected chi connectivity index (χ4v) is 1.34. The van der Waals surface area contributed by atoms with E-state index in [1.165, 1.54) is 13.0 Å². The van der Waals surface area contributed by atoms with E-state index in [0.717, 1.165) is 12.1 Å². The number of hydrogen-bond donors (Lipinski definition) is 1. The number of phenols is 1. The second kappa shape index (κ2) is 3.97. The maximum absolute atomic E-state index is 13.0. The van der Waals surface area contributed by atoms with Gasteiger partial charge in [-0.05, 0) is 23.8 Å². The van der Waals surface area contributed by atoms with Crippen molar-refractivity contribution in [3.05, 3.63) is 35.0 Å². The van der Waals surface area contributed by atoms with Gasteiger partial charge in [-0.25, -0.2) is 18.6 Å². The highest BCUT2D eigenvalue weighted by Crippen LogP contribution is 2.23. The van der Waals surface area contributed by atoms with Crippen LogP contribution >= 0.6 is 0 Å². The third-order valence-electron chi connectivity index (χ3n) is 2.07. The molecule has 1 aliphatic heterocycles. The predicted molar refractivity (Wildman–Crippen MR) is 55.2 cm³/mol. The van der Waals surface area contributed by atoms with E-state index < -0.39 is 23.4 Å². The Labute approximate surface area is 94.9 Å². The topological polar surface area (TPSA) is 58.9 Å². The quantitative estimate of drug-likeness (QED) is 0.602. The van der Waals surface area contributed by atoms with Gasteiger partial charge in [0.05, 0.1) is 0 Å². The number of ether oxygens (including phenoxy) is 1. The van der Waals surface area contributed by atoms with Gasteiger partial charge in [-0.2, -0.15) is 0 Å². The lowest BCUT2D eigenvalue weighted by Gasteiger charge is -1.99. The minimum Gasteiger partial charge on any atom is -0.503 e. The normalized spacial score (nSPS) is 17.2. The van der Waals surface area contributed by atoms with E-state index in [0.29, 0.717) is 0 Å². The zero-order chi connectivity index (χ0) is 12.6. The lowest BCUT2D eigenvalue weighted by atomic mass is 10.1.